The van der Waals surface area contributed by atoms with Crippen LogP contribution in [0.5, 0.6) is 0 Å². The first-order chi connectivity index (χ1) is 5.56. The second-order valence-corrected chi connectivity index (χ2v) is 3.78. The van der Waals surface area contributed by atoms with Gasteiger partial charge in [-0.3, -0.25) is 0 Å². The molecule has 1 unspecified atom stereocenters. The number of hydrogen-bond acceptors (Lipinski definition) is 1. The van der Waals surface area contributed by atoms with Gasteiger partial charge in [0.05, 0.1) is 0 Å². The van der Waals surface area contributed by atoms with E-state index in [1.165, 1.54) is 0 Å². The van der Waals surface area contributed by atoms with Gasteiger partial charge in [0.15, 0.2) is 0 Å². The molecule has 0 radical (unpaired) electrons. The van der Waals surface area contributed by atoms with Crippen LogP contribution in [0.1, 0.15) is 34.6 Å². The summed E-state index contributed by atoms with van der Waals surface area (Å²) >= 11 is 0. The molecule has 0 spiro atoms. The van der Waals surface area contributed by atoms with E-state index in [2.05, 4.69) is 11.8 Å². The van der Waals surface area contributed by atoms with Crippen LogP contribution in [0.15, 0.2) is 0 Å². The van der Waals surface area contributed by atoms with Gasteiger partial charge in [0.25, 0.3) is 0 Å². The van der Waals surface area contributed by atoms with Crippen molar-refractivity contribution in [3.05, 3.63) is 0 Å². The quantitative estimate of drug-likeness (QED) is 0.592. The van der Waals surface area contributed by atoms with E-state index in [4.69, 9.17) is 0 Å². The van der Waals surface area contributed by atoms with Crippen LogP contribution >= 0.6 is 0 Å². The molecule has 1 heterocycles. The first kappa shape index (κ1) is 11.9. The van der Waals surface area contributed by atoms with E-state index in [-0.39, 0.29) is 5.41 Å². The van der Waals surface area contributed by atoms with Crippen molar-refractivity contribution in [1.29, 1.82) is 0 Å². The lowest BCUT2D eigenvalue weighted by Crippen LogP contribution is -2.24. The summed E-state index contributed by atoms with van der Waals surface area (Å²) in [5.74, 6) is 0. The summed E-state index contributed by atoms with van der Waals surface area (Å²) in [5.41, 5.74) is -0.115. The second-order valence-electron chi connectivity index (χ2n) is 3.78. The summed E-state index contributed by atoms with van der Waals surface area (Å²) in [7, 11) is 0. The van der Waals surface area contributed by atoms with Crippen molar-refractivity contribution >= 4 is 0 Å². The molecule has 0 aliphatic carbocycles. The number of alkyl halides is 1. The smallest absolute Gasteiger partial charge is 0.119 e. The lowest BCUT2D eigenvalue weighted by molar-refractivity contribution is 0.203. The van der Waals surface area contributed by atoms with Crippen LogP contribution in [0.3, 0.4) is 0 Å². The zero-order valence-corrected chi connectivity index (χ0v) is 9.02. The fourth-order valence-electron chi connectivity index (χ4n) is 1.45. The van der Waals surface area contributed by atoms with Crippen molar-refractivity contribution < 1.29 is 4.39 Å². The Bertz CT molecular complexity index is 123. The number of rotatable bonds is 1. The molecule has 12 heavy (non-hydrogen) atoms. The summed E-state index contributed by atoms with van der Waals surface area (Å²) in [6.07, 6.45) is -0.632. The molecule has 1 aliphatic rings. The molecular formula is C10H22FN. The minimum atomic E-state index is -0.632. The lowest BCUT2D eigenvalue weighted by Gasteiger charge is -2.19. The Balaban J connectivity index is 0.000000561. The van der Waals surface area contributed by atoms with Gasteiger partial charge in [-0.2, -0.15) is 0 Å². The molecule has 0 saturated carbocycles. The molecule has 0 bridgehead atoms. The van der Waals surface area contributed by atoms with Crippen molar-refractivity contribution in [2.24, 2.45) is 5.41 Å². The van der Waals surface area contributed by atoms with Gasteiger partial charge in [0, 0.05) is 18.5 Å². The van der Waals surface area contributed by atoms with Gasteiger partial charge in [-0.15, -0.1) is 0 Å². The SMILES string of the molecule is CC.CCN1CC(F)C(C)(C)C1. The Labute approximate surface area is 75.9 Å². The highest BCUT2D eigenvalue weighted by atomic mass is 19.1. The Morgan fingerprint density at radius 2 is 1.92 bits per heavy atom. The van der Waals surface area contributed by atoms with Crippen LogP contribution in [-0.4, -0.2) is 30.7 Å². The summed E-state index contributed by atoms with van der Waals surface area (Å²) in [4.78, 5) is 2.16. The number of hydrogen-bond donors (Lipinski definition) is 0. The maximum absolute atomic E-state index is 13.1. The molecule has 1 saturated heterocycles. The molecule has 1 atom stereocenters. The van der Waals surface area contributed by atoms with Crippen LogP contribution in [0, 0.1) is 5.41 Å². The van der Waals surface area contributed by atoms with Gasteiger partial charge in [-0.05, 0) is 6.54 Å². The molecule has 0 aromatic heterocycles. The Morgan fingerprint density at radius 1 is 1.42 bits per heavy atom. The molecule has 74 valence electrons. The molecule has 2 heteroatoms. The predicted molar refractivity (Wildman–Crippen MR) is 52.1 cm³/mol. The van der Waals surface area contributed by atoms with Crippen LogP contribution < -0.4 is 0 Å². The summed E-state index contributed by atoms with van der Waals surface area (Å²) in [6.45, 7) is 12.6. The average Bonchev–Trinajstić information content (AvgIpc) is 2.30. The lowest BCUT2D eigenvalue weighted by atomic mass is 9.91. The highest BCUT2D eigenvalue weighted by molar-refractivity contribution is 4.90. The highest BCUT2D eigenvalue weighted by Crippen LogP contribution is 2.31. The zero-order valence-electron chi connectivity index (χ0n) is 9.02. The molecular weight excluding hydrogens is 153 g/mol. The number of nitrogens with zero attached hydrogens (tertiary/aromatic N) is 1. The van der Waals surface area contributed by atoms with Crippen LogP contribution in [0.25, 0.3) is 0 Å². The average molecular weight is 175 g/mol. The van der Waals surface area contributed by atoms with Crippen LogP contribution in [0.4, 0.5) is 4.39 Å². The van der Waals surface area contributed by atoms with Gasteiger partial charge in [0.2, 0.25) is 0 Å². The van der Waals surface area contributed by atoms with Gasteiger partial charge >= 0.3 is 0 Å². The Hall–Kier alpha value is -0.110. The van der Waals surface area contributed by atoms with Gasteiger partial charge in [-0.25, -0.2) is 4.39 Å². The second kappa shape index (κ2) is 4.80. The van der Waals surface area contributed by atoms with Crippen LogP contribution in [0.2, 0.25) is 0 Å². The Kier molecular flexibility index (Phi) is 4.76. The van der Waals surface area contributed by atoms with E-state index < -0.39 is 6.17 Å². The minimum Gasteiger partial charge on any atom is -0.300 e. The van der Waals surface area contributed by atoms with Gasteiger partial charge in [0.1, 0.15) is 6.17 Å². The van der Waals surface area contributed by atoms with Crippen molar-refractivity contribution in [3.63, 3.8) is 0 Å². The van der Waals surface area contributed by atoms with Crippen molar-refractivity contribution in [3.8, 4) is 0 Å². The monoisotopic (exact) mass is 175 g/mol. The molecule has 1 fully saturated rings. The standard InChI is InChI=1S/C8H16FN.C2H6/c1-4-10-5-7(9)8(2,3)6-10;1-2/h7H,4-6H2,1-3H3;1-2H3. The first-order valence-corrected chi connectivity index (χ1v) is 4.92. The Morgan fingerprint density at radius 3 is 2.08 bits per heavy atom. The molecule has 0 amide bonds. The fraction of sp³-hybridized carbons (Fsp3) is 1.00. The third-order valence-electron chi connectivity index (χ3n) is 2.34. The third kappa shape index (κ3) is 2.74. The summed E-state index contributed by atoms with van der Waals surface area (Å²) in [5, 5.41) is 0. The fourth-order valence-corrected chi connectivity index (χ4v) is 1.45. The molecule has 0 aromatic carbocycles. The third-order valence-corrected chi connectivity index (χ3v) is 2.34. The zero-order chi connectivity index (χ0) is 9.78. The maximum Gasteiger partial charge on any atom is 0.119 e. The predicted octanol–water partition coefficient (Wildman–Crippen LogP) is 2.71. The van der Waals surface area contributed by atoms with Gasteiger partial charge < -0.3 is 4.90 Å². The van der Waals surface area contributed by atoms with Crippen molar-refractivity contribution in [2.75, 3.05) is 19.6 Å². The largest absolute Gasteiger partial charge is 0.300 e. The molecule has 1 rings (SSSR count). The van der Waals surface area contributed by atoms with E-state index in [0.29, 0.717) is 6.54 Å². The van der Waals surface area contributed by atoms with Gasteiger partial charge in [-0.1, -0.05) is 34.6 Å². The maximum atomic E-state index is 13.1. The molecule has 1 nitrogen and oxygen atoms in total. The van der Waals surface area contributed by atoms with Crippen molar-refractivity contribution in [1.82, 2.24) is 4.90 Å². The normalized spacial score (nSPS) is 28.0. The minimum absolute atomic E-state index is 0.115. The van der Waals surface area contributed by atoms with E-state index in [1.807, 2.05) is 27.7 Å². The molecule has 1 aliphatic heterocycles. The van der Waals surface area contributed by atoms with E-state index in [1.54, 1.807) is 0 Å². The molecule has 0 N–H and O–H groups in total. The first-order valence-electron chi connectivity index (χ1n) is 4.92. The summed E-state index contributed by atoms with van der Waals surface area (Å²) in [6, 6.07) is 0. The van der Waals surface area contributed by atoms with E-state index in [0.717, 1.165) is 13.1 Å². The highest BCUT2D eigenvalue weighted by Gasteiger charge is 2.38. The number of likely N-dealkylation sites (tertiary alicyclic amines) is 1. The van der Waals surface area contributed by atoms with Crippen LogP contribution in [-0.2, 0) is 0 Å². The topological polar surface area (TPSA) is 3.24 Å². The molecule has 0 aromatic rings. The van der Waals surface area contributed by atoms with E-state index >= 15 is 0 Å². The van der Waals surface area contributed by atoms with E-state index in [9.17, 15) is 4.39 Å². The summed E-state index contributed by atoms with van der Waals surface area (Å²) < 4.78 is 13.1. The number of halogens is 1. The van der Waals surface area contributed by atoms with Crippen molar-refractivity contribution in [2.45, 2.75) is 40.8 Å².